The van der Waals surface area contributed by atoms with Crippen LogP contribution >= 0.6 is 0 Å². The Labute approximate surface area is 122 Å². The molecule has 1 saturated carbocycles. The van der Waals surface area contributed by atoms with Gasteiger partial charge >= 0.3 is 5.97 Å². The van der Waals surface area contributed by atoms with E-state index in [2.05, 4.69) is 4.98 Å². The number of aromatic nitrogens is 1. The first-order chi connectivity index (χ1) is 10.1. The quantitative estimate of drug-likeness (QED) is 0.907. The number of anilines is 1. The zero-order valence-electron chi connectivity index (χ0n) is 11.9. The lowest BCUT2D eigenvalue weighted by molar-refractivity contribution is -0.152. The van der Waals surface area contributed by atoms with Crippen LogP contribution in [-0.4, -0.2) is 28.5 Å². The molecule has 2 unspecified atom stereocenters. The van der Waals surface area contributed by atoms with Crippen LogP contribution in [0.2, 0.25) is 0 Å². The Morgan fingerprint density at radius 1 is 1.29 bits per heavy atom. The molecule has 0 saturated heterocycles. The highest BCUT2D eigenvalue weighted by Crippen LogP contribution is 2.37. The maximum Gasteiger partial charge on any atom is 0.307 e. The standard InChI is InChI=1S/C16H18N2O3/c1-2-18(15(19)12-4-5-13(12)16(20)21)11-3-6-14-10(9-11)7-8-17-14/h3,6-9,12-13,17H,2,4-5H2,1H3,(H,20,21). The number of amides is 1. The molecule has 2 atom stereocenters. The van der Waals surface area contributed by atoms with Crippen LogP contribution in [0.5, 0.6) is 0 Å². The molecule has 1 fully saturated rings. The first kappa shape index (κ1) is 13.7. The number of carboxylic acid groups (broad SMARTS) is 1. The summed E-state index contributed by atoms with van der Waals surface area (Å²) in [5.74, 6) is -1.85. The average molecular weight is 286 g/mol. The van der Waals surface area contributed by atoms with Crippen molar-refractivity contribution < 1.29 is 14.7 Å². The summed E-state index contributed by atoms with van der Waals surface area (Å²) in [4.78, 5) is 28.5. The molecule has 0 spiro atoms. The summed E-state index contributed by atoms with van der Waals surface area (Å²) >= 11 is 0. The molecule has 0 bridgehead atoms. The number of fused-ring (bicyclic) bond motifs is 1. The number of aliphatic carboxylic acids is 1. The lowest BCUT2D eigenvalue weighted by Crippen LogP contribution is -2.46. The fourth-order valence-electron chi connectivity index (χ4n) is 2.97. The van der Waals surface area contributed by atoms with Gasteiger partial charge in [-0.05, 0) is 44.0 Å². The van der Waals surface area contributed by atoms with Crippen molar-refractivity contribution in [2.24, 2.45) is 11.8 Å². The van der Waals surface area contributed by atoms with Crippen LogP contribution in [0.3, 0.4) is 0 Å². The van der Waals surface area contributed by atoms with E-state index < -0.39 is 11.9 Å². The monoisotopic (exact) mass is 286 g/mol. The maximum absolute atomic E-state index is 12.6. The summed E-state index contributed by atoms with van der Waals surface area (Å²) in [6.45, 7) is 2.45. The molecule has 1 heterocycles. The number of carbonyl (C=O) groups excluding carboxylic acids is 1. The lowest BCUT2D eigenvalue weighted by atomic mass is 9.73. The zero-order chi connectivity index (χ0) is 15.0. The highest BCUT2D eigenvalue weighted by atomic mass is 16.4. The second-order valence-corrected chi connectivity index (χ2v) is 5.46. The van der Waals surface area contributed by atoms with Crippen molar-refractivity contribution >= 4 is 28.5 Å². The van der Waals surface area contributed by atoms with E-state index in [1.165, 1.54) is 0 Å². The number of carboxylic acids is 1. The van der Waals surface area contributed by atoms with Crippen LogP contribution in [0, 0.1) is 11.8 Å². The van der Waals surface area contributed by atoms with Gasteiger partial charge in [-0.3, -0.25) is 9.59 Å². The number of H-pyrrole nitrogens is 1. The van der Waals surface area contributed by atoms with Gasteiger partial charge in [0.1, 0.15) is 0 Å². The van der Waals surface area contributed by atoms with E-state index in [-0.39, 0.29) is 11.8 Å². The Morgan fingerprint density at radius 2 is 2.05 bits per heavy atom. The normalized spacial score (nSPS) is 21.0. The maximum atomic E-state index is 12.6. The molecule has 0 radical (unpaired) electrons. The van der Waals surface area contributed by atoms with Crippen LogP contribution in [-0.2, 0) is 9.59 Å². The van der Waals surface area contributed by atoms with Crippen LogP contribution in [0.1, 0.15) is 19.8 Å². The summed E-state index contributed by atoms with van der Waals surface area (Å²) in [5.41, 5.74) is 1.85. The molecule has 2 aromatic rings. The second kappa shape index (κ2) is 5.24. The summed E-state index contributed by atoms with van der Waals surface area (Å²) in [5, 5.41) is 10.2. The van der Waals surface area contributed by atoms with Gasteiger partial charge in [-0.15, -0.1) is 0 Å². The molecule has 5 nitrogen and oxygen atoms in total. The molecular weight excluding hydrogens is 268 g/mol. The first-order valence-electron chi connectivity index (χ1n) is 7.23. The second-order valence-electron chi connectivity index (χ2n) is 5.46. The number of nitrogens with zero attached hydrogens (tertiary/aromatic N) is 1. The molecule has 1 aromatic carbocycles. The number of hydrogen-bond donors (Lipinski definition) is 2. The average Bonchev–Trinajstić information content (AvgIpc) is 2.85. The molecule has 1 aliphatic carbocycles. The lowest BCUT2D eigenvalue weighted by Gasteiger charge is -2.36. The highest BCUT2D eigenvalue weighted by Gasteiger charge is 2.43. The summed E-state index contributed by atoms with van der Waals surface area (Å²) in [6, 6.07) is 7.76. The minimum atomic E-state index is -0.864. The van der Waals surface area contributed by atoms with Gasteiger partial charge in [-0.25, -0.2) is 0 Å². The molecule has 1 aromatic heterocycles. The summed E-state index contributed by atoms with van der Waals surface area (Å²) in [6.07, 6.45) is 3.12. The van der Waals surface area contributed by atoms with Crippen LogP contribution in [0.4, 0.5) is 5.69 Å². The molecule has 21 heavy (non-hydrogen) atoms. The van der Waals surface area contributed by atoms with E-state index in [0.29, 0.717) is 19.4 Å². The van der Waals surface area contributed by atoms with Gasteiger partial charge in [-0.1, -0.05) is 0 Å². The molecular formula is C16H18N2O3. The van der Waals surface area contributed by atoms with Crippen molar-refractivity contribution in [1.82, 2.24) is 4.98 Å². The Hall–Kier alpha value is -2.30. The number of nitrogens with one attached hydrogen (secondary N) is 1. The smallest absolute Gasteiger partial charge is 0.307 e. The number of aromatic amines is 1. The van der Waals surface area contributed by atoms with Gasteiger partial charge in [0.15, 0.2) is 0 Å². The zero-order valence-corrected chi connectivity index (χ0v) is 11.9. The molecule has 2 N–H and O–H groups in total. The number of rotatable bonds is 4. The Kier molecular flexibility index (Phi) is 3.41. The highest BCUT2D eigenvalue weighted by molar-refractivity contribution is 5.99. The predicted octanol–water partition coefficient (Wildman–Crippen LogP) is 2.63. The number of hydrogen-bond acceptors (Lipinski definition) is 2. The van der Waals surface area contributed by atoms with Gasteiger partial charge in [0, 0.05) is 29.3 Å². The molecule has 1 amide bonds. The molecule has 3 rings (SSSR count). The largest absolute Gasteiger partial charge is 0.481 e. The van der Waals surface area contributed by atoms with E-state index in [0.717, 1.165) is 16.6 Å². The Morgan fingerprint density at radius 3 is 2.67 bits per heavy atom. The van der Waals surface area contributed by atoms with Crippen molar-refractivity contribution in [3.05, 3.63) is 30.5 Å². The van der Waals surface area contributed by atoms with Crippen molar-refractivity contribution in [2.75, 3.05) is 11.4 Å². The SMILES string of the molecule is CCN(C(=O)C1CCC1C(=O)O)c1ccc2[nH]ccc2c1. The van der Waals surface area contributed by atoms with Gasteiger partial charge in [-0.2, -0.15) is 0 Å². The third kappa shape index (κ3) is 2.28. The van der Waals surface area contributed by atoms with E-state index >= 15 is 0 Å². The number of benzene rings is 1. The number of carbonyl (C=O) groups is 2. The fourth-order valence-corrected chi connectivity index (χ4v) is 2.97. The minimum Gasteiger partial charge on any atom is -0.481 e. The van der Waals surface area contributed by atoms with Crippen LogP contribution < -0.4 is 4.90 Å². The minimum absolute atomic E-state index is 0.0777. The van der Waals surface area contributed by atoms with Crippen LogP contribution in [0.25, 0.3) is 10.9 Å². The molecule has 1 aliphatic rings. The van der Waals surface area contributed by atoms with Gasteiger partial charge in [0.05, 0.1) is 11.8 Å². The van der Waals surface area contributed by atoms with Crippen molar-refractivity contribution in [3.8, 4) is 0 Å². The van der Waals surface area contributed by atoms with Crippen molar-refractivity contribution in [2.45, 2.75) is 19.8 Å². The first-order valence-corrected chi connectivity index (χ1v) is 7.23. The molecule has 0 aliphatic heterocycles. The Balaban J connectivity index is 1.87. The Bertz CT molecular complexity index is 692. The molecule has 5 heteroatoms. The predicted molar refractivity (Wildman–Crippen MR) is 80.2 cm³/mol. The summed E-state index contributed by atoms with van der Waals surface area (Å²) in [7, 11) is 0. The van der Waals surface area contributed by atoms with Gasteiger partial charge in [0.2, 0.25) is 5.91 Å². The fraction of sp³-hybridized carbons (Fsp3) is 0.375. The topological polar surface area (TPSA) is 73.4 Å². The summed E-state index contributed by atoms with van der Waals surface area (Å²) < 4.78 is 0. The van der Waals surface area contributed by atoms with Crippen molar-refractivity contribution in [1.29, 1.82) is 0 Å². The third-order valence-corrected chi connectivity index (χ3v) is 4.34. The van der Waals surface area contributed by atoms with Crippen LogP contribution in [0.15, 0.2) is 30.5 Å². The molecule has 110 valence electrons. The third-order valence-electron chi connectivity index (χ3n) is 4.34. The van der Waals surface area contributed by atoms with Gasteiger partial charge in [0.25, 0.3) is 0 Å². The van der Waals surface area contributed by atoms with E-state index in [4.69, 9.17) is 5.11 Å². The van der Waals surface area contributed by atoms with E-state index in [9.17, 15) is 9.59 Å². The van der Waals surface area contributed by atoms with E-state index in [1.807, 2.05) is 37.4 Å². The van der Waals surface area contributed by atoms with Crippen molar-refractivity contribution in [3.63, 3.8) is 0 Å². The van der Waals surface area contributed by atoms with E-state index in [1.54, 1.807) is 4.90 Å². The van der Waals surface area contributed by atoms with Gasteiger partial charge < -0.3 is 15.0 Å².